The van der Waals surface area contributed by atoms with Crippen LogP contribution in [0.25, 0.3) is 10.8 Å². The lowest BCUT2D eigenvalue weighted by Crippen LogP contribution is -2.48. The van der Waals surface area contributed by atoms with E-state index in [9.17, 15) is 22.8 Å². The summed E-state index contributed by atoms with van der Waals surface area (Å²) >= 11 is 0. The van der Waals surface area contributed by atoms with Crippen LogP contribution in [0.4, 0.5) is 0 Å². The summed E-state index contributed by atoms with van der Waals surface area (Å²) in [5, 5.41) is 12.9. The lowest BCUT2D eigenvalue weighted by atomic mass is 9.86. The quantitative estimate of drug-likeness (QED) is 0.0677. The summed E-state index contributed by atoms with van der Waals surface area (Å²) in [6.07, 6.45) is 12.6. The van der Waals surface area contributed by atoms with Gasteiger partial charge in [-0.3, -0.25) is 14.3 Å². The fourth-order valence-corrected chi connectivity index (χ4v) is 7.03. The summed E-state index contributed by atoms with van der Waals surface area (Å²) < 4.78 is 41.4. The number of esters is 2. The Morgan fingerprint density at radius 3 is 2.67 bits per heavy atom. The molecule has 2 aromatic carbocycles. The number of rotatable bonds is 22. The molecular weight excluding hydrogens is 646 g/mol. The van der Waals surface area contributed by atoms with Crippen molar-refractivity contribution in [1.82, 2.24) is 25.0 Å². The van der Waals surface area contributed by atoms with Gasteiger partial charge in [0.05, 0.1) is 16.5 Å². The number of aromatic nitrogens is 3. The van der Waals surface area contributed by atoms with Crippen LogP contribution in [0, 0.1) is 24.2 Å². The molecule has 1 saturated heterocycles. The number of carbonyl (C=O) groups excluding carboxylic acids is 3. The smallest absolute Gasteiger partial charge is 0.328 e. The second-order valence-electron chi connectivity index (χ2n) is 12.9. The average Bonchev–Trinajstić information content (AvgIpc) is 3.53. The largest absolute Gasteiger partial charge is 0.461 e. The lowest BCUT2D eigenvalue weighted by molar-refractivity contribution is -0.190. The molecule has 0 aliphatic carbocycles. The molecule has 1 aromatic heterocycles. The molecule has 1 amide bonds. The summed E-state index contributed by atoms with van der Waals surface area (Å²) in [6, 6.07) is 11.9. The van der Waals surface area contributed by atoms with Crippen molar-refractivity contribution in [3.63, 3.8) is 0 Å². The Kier molecular flexibility index (Phi) is 14.2. The number of cyclic esters (lactones) is 1. The van der Waals surface area contributed by atoms with Crippen LogP contribution in [-0.4, -0.2) is 66.6 Å². The molecule has 3 aromatic rings. The summed E-state index contributed by atoms with van der Waals surface area (Å²) in [6.45, 7) is 4.75. The number of sulfonamides is 1. The molecule has 12 nitrogen and oxygen atoms in total. The fourth-order valence-electron chi connectivity index (χ4n) is 5.92. The summed E-state index contributed by atoms with van der Waals surface area (Å²) in [5.41, 5.74) is 0.708. The van der Waals surface area contributed by atoms with Crippen molar-refractivity contribution in [3.05, 3.63) is 54.4 Å². The maximum Gasteiger partial charge on any atom is 0.328 e. The molecular formula is C36H47N5O7S. The first kappa shape index (κ1) is 37.5. The van der Waals surface area contributed by atoms with Crippen molar-refractivity contribution in [3.8, 4) is 12.3 Å². The van der Waals surface area contributed by atoms with Gasteiger partial charge in [-0.15, -0.1) is 17.4 Å². The van der Waals surface area contributed by atoms with Crippen molar-refractivity contribution in [2.45, 2.75) is 108 Å². The molecule has 4 atom stereocenters. The van der Waals surface area contributed by atoms with Gasteiger partial charge in [0.1, 0.15) is 18.2 Å². The minimum Gasteiger partial charge on any atom is -0.461 e. The summed E-state index contributed by atoms with van der Waals surface area (Å²) in [7, 11) is -3.63. The van der Waals surface area contributed by atoms with Gasteiger partial charge >= 0.3 is 11.9 Å². The Morgan fingerprint density at radius 1 is 1.14 bits per heavy atom. The molecule has 2 N–H and O–H groups in total. The highest BCUT2D eigenvalue weighted by atomic mass is 32.2. The second-order valence-corrected chi connectivity index (χ2v) is 14.7. The third kappa shape index (κ3) is 11.4. The maximum atomic E-state index is 13.1. The minimum atomic E-state index is -3.63. The number of hydrogen-bond donors (Lipinski definition) is 2. The Labute approximate surface area is 288 Å². The second kappa shape index (κ2) is 18.5. The number of fused-ring (bicyclic) bond motifs is 1. The van der Waals surface area contributed by atoms with Gasteiger partial charge in [-0.2, -0.15) is 0 Å². The van der Waals surface area contributed by atoms with E-state index in [1.54, 1.807) is 22.9 Å². The Hall–Kier alpha value is -4.28. The minimum absolute atomic E-state index is 0.156. The first-order valence-electron chi connectivity index (χ1n) is 17.0. The topological polar surface area (TPSA) is 159 Å². The zero-order valence-electron chi connectivity index (χ0n) is 28.3. The highest BCUT2D eigenvalue weighted by Gasteiger charge is 2.43. The highest BCUT2D eigenvalue weighted by Crippen LogP contribution is 2.32. The molecule has 0 saturated carbocycles. The Bertz CT molecular complexity index is 1700. The van der Waals surface area contributed by atoms with Gasteiger partial charge < -0.3 is 14.8 Å². The molecule has 0 spiro atoms. The molecule has 0 unspecified atom stereocenters. The predicted molar refractivity (Wildman–Crippen MR) is 184 cm³/mol. The zero-order chi connectivity index (χ0) is 35.2. The molecule has 0 radical (unpaired) electrons. The first-order chi connectivity index (χ1) is 23.6. The number of amides is 1. The molecule has 1 fully saturated rings. The van der Waals surface area contributed by atoms with Crippen molar-refractivity contribution in [1.29, 1.82) is 0 Å². The van der Waals surface area contributed by atoms with Crippen LogP contribution in [0.3, 0.4) is 0 Å². The summed E-state index contributed by atoms with van der Waals surface area (Å²) in [4.78, 5) is 36.7. The van der Waals surface area contributed by atoms with Crippen molar-refractivity contribution in [2.24, 2.45) is 11.8 Å². The van der Waals surface area contributed by atoms with Crippen LogP contribution in [0.2, 0.25) is 0 Å². The van der Waals surface area contributed by atoms with Gasteiger partial charge in [0.2, 0.25) is 16.4 Å². The number of carbonyl (C=O) groups is 3. The first-order valence-corrected chi connectivity index (χ1v) is 18.5. The van der Waals surface area contributed by atoms with Crippen molar-refractivity contribution < 1.29 is 32.3 Å². The molecule has 4 rings (SSSR count). The van der Waals surface area contributed by atoms with E-state index < -0.39 is 28.1 Å². The summed E-state index contributed by atoms with van der Waals surface area (Å²) in [5.74, 6) is 1.73. The molecule has 2 heterocycles. The Balaban J connectivity index is 1.27. The average molecular weight is 694 g/mol. The van der Waals surface area contributed by atoms with Crippen LogP contribution < -0.4 is 10.0 Å². The van der Waals surface area contributed by atoms with Gasteiger partial charge in [-0.25, -0.2) is 17.9 Å². The van der Waals surface area contributed by atoms with Crippen LogP contribution in [0.5, 0.6) is 0 Å². The number of unbranched alkanes of at least 4 members (excludes halogenated alkanes) is 3. The lowest BCUT2D eigenvalue weighted by Gasteiger charge is -2.37. The molecule has 264 valence electrons. The van der Waals surface area contributed by atoms with E-state index in [4.69, 9.17) is 15.9 Å². The third-order valence-electron chi connectivity index (χ3n) is 8.59. The molecule has 1 aliphatic heterocycles. The van der Waals surface area contributed by atoms with Crippen LogP contribution in [-0.2, 0) is 46.8 Å². The van der Waals surface area contributed by atoms with Crippen LogP contribution in [0.1, 0.15) is 77.3 Å². The van der Waals surface area contributed by atoms with E-state index in [1.807, 2.05) is 44.3 Å². The number of benzene rings is 2. The van der Waals surface area contributed by atoms with Crippen LogP contribution >= 0.6 is 0 Å². The van der Waals surface area contributed by atoms with E-state index in [-0.39, 0.29) is 35.3 Å². The van der Waals surface area contributed by atoms with Gasteiger partial charge in [0, 0.05) is 32.1 Å². The normalized spacial score (nSPS) is 17.1. The zero-order valence-corrected chi connectivity index (χ0v) is 29.1. The number of ether oxygens (including phenoxy) is 2. The van der Waals surface area contributed by atoms with Gasteiger partial charge in [0.15, 0.2) is 0 Å². The number of terminal acetylenes is 1. The fraction of sp³-hybridized carbons (Fsp3) is 0.528. The molecule has 0 bridgehead atoms. The van der Waals surface area contributed by atoms with E-state index >= 15 is 0 Å². The number of hydrogen-bond acceptors (Lipinski definition) is 9. The van der Waals surface area contributed by atoms with E-state index in [0.717, 1.165) is 23.6 Å². The Morgan fingerprint density at radius 2 is 1.94 bits per heavy atom. The van der Waals surface area contributed by atoms with Crippen molar-refractivity contribution >= 4 is 39.1 Å². The van der Waals surface area contributed by atoms with E-state index in [2.05, 4.69) is 26.3 Å². The van der Waals surface area contributed by atoms with Gasteiger partial charge in [0.25, 0.3) is 0 Å². The number of aryl methyl sites for hydroxylation is 2. The number of nitrogens with one attached hydrogen (secondary N) is 2. The molecule has 13 heteroatoms. The van der Waals surface area contributed by atoms with Gasteiger partial charge in [-0.1, -0.05) is 55.8 Å². The van der Waals surface area contributed by atoms with E-state index in [0.29, 0.717) is 70.0 Å². The van der Waals surface area contributed by atoms with Crippen LogP contribution in [0.15, 0.2) is 53.6 Å². The molecule has 1 aliphatic rings. The number of nitrogens with zero attached hydrogens (tertiary/aromatic N) is 3. The maximum absolute atomic E-state index is 13.1. The highest BCUT2D eigenvalue weighted by molar-refractivity contribution is 7.89. The predicted octanol–water partition coefficient (Wildman–Crippen LogP) is 4.32. The van der Waals surface area contributed by atoms with Gasteiger partial charge in [-0.05, 0) is 73.8 Å². The standard InChI is InChI=1S/C36H47N5O7S/c1-4-5-6-7-14-32-34(48-35(32)43)23-30(47-36(44)33(37-25-42)21-26(2)3)17-16-29-24-41(40-39-29)20-11-10-19-38-49(45,46)31-18-15-27-12-8-9-13-28(27)22-31/h1,8-9,12-13,15,18,22,24-26,30,32-34,38H,5-7,10-11,14,16-17,19-21,23H2,2-3H3,(H,37,42)/t30-,32-,33-,34-/m0/s1. The third-order valence-corrected chi connectivity index (χ3v) is 10.0. The van der Waals surface area contributed by atoms with E-state index in [1.165, 1.54) is 0 Å². The van der Waals surface area contributed by atoms with Crippen molar-refractivity contribution in [2.75, 3.05) is 6.54 Å². The molecule has 49 heavy (non-hydrogen) atoms. The monoisotopic (exact) mass is 693 g/mol. The SMILES string of the molecule is C#CCCCC[C@@H]1C(=O)O[C@H]1C[C@H](CCc1cn(CCCCNS(=O)(=O)c2ccc3ccccc3c2)nn1)OC(=O)[C@H](CC(C)C)NC=O.